The number of amides is 4. The Bertz CT molecular complexity index is 1210. The molecule has 6 heteroatoms. The molecule has 0 aliphatic carbocycles. The van der Waals surface area contributed by atoms with Crippen LogP contribution >= 0.6 is 0 Å². The molecule has 1 fully saturated rings. The second-order valence-electron chi connectivity index (χ2n) is 9.20. The molecule has 2 aromatic rings. The van der Waals surface area contributed by atoms with Gasteiger partial charge in [-0.1, -0.05) is 36.8 Å². The number of anilines is 2. The van der Waals surface area contributed by atoms with Crippen molar-refractivity contribution in [3.63, 3.8) is 0 Å². The van der Waals surface area contributed by atoms with E-state index in [-0.39, 0.29) is 11.1 Å². The van der Waals surface area contributed by atoms with Crippen LogP contribution in [-0.2, 0) is 9.59 Å². The number of hydrogen-bond donors (Lipinski definition) is 1. The van der Waals surface area contributed by atoms with Gasteiger partial charge in [-0.25, -0.2) is 9.69 Å². The van der Waals surface area contributed by atoms with Gasteiger partial charge < -0.3 is 4.90 Å². The van der Waals surface area contributed by atoms with Gasteiger partial charge in [0.15, 0.2) is 0 Å². The number of benzene rings is 2. The fourth-order valence-corrected chi connectivity index (χ4v) is 4.58. The lowest BCUT2D eigenvalue weighted by Gasteiger charge is -2.43. The molecule has 0 spiro atoms. The molecule has 1 N–H and O–H groups in total. The number of nitrogens with one attached hydrogen (secondary N) is 1. The van der Waals surface area contributed by atoms with Crippen molar-refractivity contribution in [3.8, 4) is 0 Å². The van der Waals surface area contributed by atoms with E-state index in [2.05, 4.69) is 44.0 Å². The van der Waals surface area contributed by atoms with E-state index in [1.165, 1.54) is 0 Å². The minimum atomic E-state index is -0.743. The number of barbiturate groups is 1. The molecule has 4 amide bonds. The highest BCUT2D eigenvalue weighted by molar-refractivity contribution is 6.39. The Morgan fingerprint density at radius 1 is 1.00 bits per heavy atom. The fourth-order valence-electron chi connectivity index (χ4n) is 4.58. The minimum Gasteiger partial charge on any atom is -0.362 e. The average molecular weight is 444 g/mol. The smallest absolute Gasteiger partial charge is 0.335 e. The highest BCUT2D eigenvalue weighted by atomic mass is 16.2. The van der Waals surface area contributed by atoms with Crippen LogP contribution < -0.4 is 15.1 Å². The van der Waals surface area contributed by atoms with E-state index in [0.717, 1.165) is 45.8 Å². The molecule has 33 heavy (non-hydrogen) atoms. The zero-order valence-electron chi connectivity index (χ0n) is 19.7. The van der Waals surface area contributed by atoms with Gasteiger partial charge in [-0.05, 0) is 75.6 Å². The summed E-state index contributed by atoms with van der Waals surface area (Å²) in [5.74, 6) is -1.32. The van der Waals surface area contributed by atoms with Gasteiger partial charge in [0, 0.05) is 17.8 Å². The van der Waals surface area contributed by atoms with E-state index < -0.39 is 17.8 Å². The van der Waals surface area contributed by atoms with Gasteiger partial charge in [0.1, 0.15) is 5.57 Å². The number of nitrogens with zero attached hydrogens (tertiary/aromatic N) is 2. The molecule has 2 aliphatic heterocycles. The summed E-state index contributed by atoms with van der Waals surface area (Å²) in [5, 5.41) is 2.29. The maximum absolute atomic E-state index is 13.2. The molecule has 2 aromatic carbocycles. The van der Waals surface area contributed by atoms with Crippen LogP contribution in [0, 0.1) is 6.92 Å². The largest absolute Gasteiger partial charge is 0.362 e. The van der Waals surface area contributed by atoms with E-state index in [1.807, 2.05) is 37.3 Å². The van der Waals surface area contributed by atoms with Crippen LogP contribution in [0.3, 0.4) is 0 Å². The molecule has 2 aliphatic rings. The SMILES string of the molecule is CCCN1c2ccc(/C=C3/C(=O)NC(=O)N(c4ccc(C)cc4)C3=O)cc2C(C)=CC1(C)C. The summed E-state index contributed by atoms with van der Waals surface area (Å²) in [5.41, 5.74) is 5.36. The summed E-state index contributed by atoms with van der Waals surface area (Å²) < 4.78 is 0. The Hall–Kier alpha value is -3.67. The number of imide groups is 2. The number of rotatable bonds is 4. The van der Waals surface area contributed by atoms with E-state index >= 15 is 0 Å². The van der Waals surface area contributed by atoms with Gasteiger partial charge in [0.25, 0.3) is 11.8 Å². The minimum absolute atomic E-state index is 0.0710. The number of urea groups is 1. The van der Waals surface area contributed by atoms with Crippen molar-refractivity contribution < 1.29 is 14.4 Å². The number of hydrogen-bond acceptors (Lipinski definition) is 4. The normalized spacial score (nSPS) is 18.9. The van der Waals surface area contributed by atoms with Crippen LogP contribution in [0.4, 0.5) is 16.2 Å². The third-order valence-electron chi connectivity index (χ3n) is 6.15. The molecule has 6 nitrogen and oxygen atoms in total. The maximum atomic E-state index is 13.2. The van der Waals surface area contributed by atoms with Crippen molar-refractivity contribution >= 4 is 40.9 Å². The predicted octanol–water partition coefficient (Wildman–Crippen LogP) is 5.07. The van der Waals surface area contributed by atoms with Gasteiger partial charge in [-0.3, -0.25) is 14.9 Å². The Morgan fingerprint density at radius 2 is 1.70 bits per heavy atom. The van der Waals surface area contributed by atoms with Crippen molar-refractivity contribution in [3.05, 3.63) is 70.8 Å². The first-order valence-electron chi connectivity index (χ1n) is 11.2. The average Bonchev–Trinajstić information content (AvgIpc) is 2.75. The summed E-state index contributed by atoms with van der Waals surface area (Å²) in [4.78, 5) is 41.5. The van der Waals surface area contributed by atoms with Crippen molar-refractivity contribution in [1.82, 2.24) is 5.32 Å². The second-order valence-corrected chi connectivity index (χ2v) is 9.20. The standard InChI is InChI=1S/C27H29N3O3/c1-6-13-29-23-12-9-19(14-21(23)18(3)16-27(29,4)5)15-22-24(31)28-26(33)30(25(22)32)20-10-7-17(2)8-11-20/h7-12,14-16H,6,13H2,1-5H3,(H,28,31,33)/b22-15-. The summed E-state index contributed by atoms with van der Waals surface area (Å²) >= 11 is 0. The van der Waals surface area contributed by atoms with E-state index in [9.17, 15) is 14.4 Å². The quantitative estimate of drug-likeness (QED) is 0.529. The topological polar surface area (TPSA) is 69.7 Å². The lowest BCUT2D eigenvalue weighted by atomic mass is 9.87. The number of carbonyl (C=O) groups excluding carboxylic acids is 3. The summed E-state index contributed by atoms with van der Waals surface area (Å²) in [6, 6.07) is 12.2. The molecule has 1 saturated heterocycles. The van der Waals surface area contributed by atoms with Gasteiger partial charge >= 0.3 is 6.03 Å². The van der Waals surface area contributed by atoms with E-state index in [0.29, 0.717) is 5.69 Å². The van der Waals surface area contributed by atoms with Crippen molar-refractivity contribution in [2.75, 3.05) is 16.3 Å². The van der Waals surface area contributed by atoms with Crippen molar-refractivity contribution in [2.24, 2.45) is 0 Å². The molecule has 0 unspecified atom stereocenters. The highest BCUT2D eigenvalue weighted by Crippen LogP contribution is 2.39. The van der Waals surface area contributed by atoms with Crippen LogP contribution in [0.25, 0.3) is 11.6 Å². The number of aryl methyl sites for hydroxylation is 1. The lowest BCUT2D eigenvalue weighted by molar-refractivity contribution is -0.122. The number of carbonyl (C=O) groups is 3. The van der Waals surface area contributed by atoms with Crippen LogP contribution in [0.1, 0.15) is 50.8 Å². The van der Waals surface area contributed by atoms with Gasteiger partial charge in [0.05, 0.1) is 11.2 Å². The van der Waals surface area contributed by atoms with Crippen molar-refractivity contribution in [1.29, 1.82) is 0 Å². The van der Waals surface area contributed by atoms with Crippen LogP contribution in [-0.4, -0.2) is 29.9 Å². The molecule has 0 radical (unpaired) electrons. The monoisotopic (exact) mass is 443 g/mol. The molecule has 2 heterocycles. The highest BCUT2D eigenvalue weighted by Gasteiger charge is 2.37. The maximum Gasteiger partial charge on any atom is 0.335 e. The summed E-state index contributed by atoms with van der Waals surface area (Å²) in [6.45, 7) is 11.5. The van der Waals surface area contributed by atoms with Crippen molar-refractivity contribution in [2.45, 2.75) is 46.6 Å². The van der Waals surface area contributed by atoms with Crippen LogP contribution in [0.2, 0.25) is 0 Å². The Morgan fingerprint density at radius 3 is 2.36 bits per heavy atom. The molecule has 4 rings (SSSR count). The molecule has 0 saturated carbocycles. The molecule has 0 atom stereocenters. The molecule has 0 aromatic heterocycles. The first-order valence-corrected chi connectivity index (χ1v) is 11.2. The Kier molecular flexibility index (Phi) is 5.70. The zero-order valence-corrected chi connectivity index (χ0v) is 19.7. The third kappa shape index (κ3) is 4.09. The zero-order chi connectivity index (χ0) is 23.9. The first-order chi connectivity index (χ1) is 15.6. The molecular formula is C27H29N3O3. The van der Waals surface area contributed by atoms with Crippen LogP contribution in [0.5, 0.6) is 0 Å². The Balaban J connectivity index is 1.73. The van der Waals surface area contributed by atoms with Gasteiger partial charge in [-0.15, -0.1) is 0 Å². The number of allylic oxidation sites excluding steroid dienone is 1. The van der Waals surface area contributed by atoms with Crippen LogP contribution in [0.15, 0.2) is 54.1 Å². The van der Waals surface area contributed by atoms with E-state index in [1.54, 1.807) is 18.2 Å². The van der Waals surface area contributed by atoms with Gasteiger partial charge in [-0.2, -0.15) is 0 Å². The summed E-state index contributed by atoms with van der Waals surface area (Å²) in [7, 11) is 0. The number of fused-ring (bicyclic) bond motifs is 1. The fraction of sp³-hybridized carbons (Fsp3) is 0.296. The molecule has 0 bridgehead atoms. The van der Waals surface area contributed by atoms with Gasteiger partial charge in [0.2, 0.25) is 0 Å². The Labute approximate surface area is 194 Å². The first kappa shape index (κ1) is 22.5. The molecule has 170 valence electrons. The summed E-state index contributed by atoms with van der Waals surface area (Å²) in [6.07, 6.45) is 4.83. The lowest BCUT2D eigenvalue weighted by Crippen LogP contribution is -2.54. The molecular weight excluding hydrogens is 414 g/mol. The second kappa shape index (κ2) is 8.35. The van der Waals surface area contributed by atoms with E-state index in [4.69, 9.17) is 0 Å². The third-order valence-corrected chi connectivity index (χ3v) is 6.15. The predicted molar refractivity (Wildman–Crippen MR) is 132 cm³/mol.